The fourth-order valence-corrected chi connectivity index (χ4v) is 11.7. The van der Waals surface area contributed by atoms with Crippen molar-refractivity contribution in [1.29, 1.82) is 0 Å². The van der Waals surface area contributed by atoms with Gasteiger partial charge in [-0.1, -0.05) is 48.5 Å². The number of ether oxygens (including phenoxy) is 4. The summed E-state index contributed by atoms with van der Waals surface area (Å²) < 4.78 is 22.3. The minimum atomic E-state index is -0.227. The molecule has 0 unspecified atom stereocenters. The zero-order chi connectivity index (χ0) is 60.2. The van der Waals surface area contributed by atoms with E-state index in [4.69, 9.17) is 33.9 Å². The second kappa shape index (κ2) is 25.4. The maximum absolute atomic E-state index is 14.4. The lowest BCUT2D eigenvalue weighted by Gasteiger charge is -2.37. The third-order valence-corrected chi connectivity index (χ3v) is 16.5. The van der Waals surface area contributed by atoms with Gasteiger partial charge in [-0.3, -0.25) is 9.80 Å². The number of nitrogens with zero attached hydrogens (tertiary/aromatic N) is 12. The highest BCUT2D eigenvalue weighted by Crippen LogP contribution is 2.45. The average Bonchev–Trinajstić information content (AvgIpc) is 0.872. The SMILES string of the molecule is COc1ccc(N2C(=O)N(c3c(C)cccc3C)Cc3cnc(Cc4ccc(N5CCN(C)CC5)cc4)nc32)c(OC)c1.COc1ccc(N2C(=O)N(c3c(C)cccc3C)Cc3cnc(Nc4ccc(N5CCN(C)CC5)cc4)nc32)c(OC)c1. The molecule has 1 N–H and O–H groups in total. The number of para-hydroxylation sites is 2. The van der Waals surface area contributed by atoms with Crippen LogP contribution in [0.5, 0.6) is 23.0 Å². The minimum Gasteiger partial charge on any atom is -0.497 e. The quantitative estimate of drug-likeness (QED) is 0.109. The maximum Gasteiger partial charge on any atom is 0.335 e. The van der Waals surface area contributed by atoms with Gasteiger partial charge < -0.3 is 43.9 Å². The van der Waals surface area contributed by atoms with E-state index >= 15 is 0 Å². The first kappa shape index (κ1) is 58.3. The van der Waals surface area contributed by atoms with Crippen LogP contribution in [-0.4, -0.2) is 137 Å². The molecule has 4 aliphatic rings. The van der Waals surface area contributed by atoms with Gasteiger partial charge in [0.05, 0.1) is 64.3 Å². The summed E-state index contributed by atoms with van der Waals surface area (Å²) in [6, 6.07) is 39.5. The minimum absolute atomic E-state index is 0.199. The van der Waals surface area contributed by atoms with Crippen molar-refractivity contribution in [3.05, 3.63) is 178 Å². The van der Waals surface area contributed by atoms with Gasteiger partial charge >= 0.3 is 12.1 Å². The van der Waals surface area contributed by atoms with Crippen LogP contribution in [0.4, 0.5) is 67.0 Å². The molecule has 0 radical (unpaired) electrons. The number of hydrogen-bond acceptors (Lipinski definition) is 15. The molecule has 6 heterocycles. The summed E-state index contributed by atoms with van der Waals surface area (Å²) >= 11 is 0. The van der Waals surface area contributed by atoms with Gasteiger partial charge in [0.2, 0.25) is 5.95 Å². The number of carbonyl (C=O) groups is 2. The number of amides is 4. The first-order chi connectivity index (χ1) is 41.7. The zero-order valence-corrected chi connectivity index (χ0v) is 50.8. The van der Waals surface area contributed by atoms with E-state index in [1.165, 1.54) is 11.4 Å². The van der Waals surface area contributed by atoms with Crippen LogP contribution in [0, 0.1) is 27.7 Å². The van der Waals surface area contributed by atoms with E-state index in [0.717, 1.165) is 108 Å². The highest BCUT2D eigenvalue weighted by Gasteiger charge is 2.39. The molecular weight excluding hydrogens is 1080 g/mol. The number of urea groups is 2. The Morgan fingerprint density at radius 1 is 0.488 bits per heavy atom. The van der Waals surface area contributed by atoms with Crippen molar-refractivity contribution in [2.24, 2.45) is 0 Å². The summed E-state index contributed by atoms with van der Waals surface area (Å²) in [6.07, 6.45) is 4.20. The van der Waals surface area contributed by atoms with Crippen molar-refractivity contribution in [3.8, 4) is 23.0 Å². The topological polar surface area (TPSA) is 161 Å². The molecule has 8 aromatic rings. The van der Waals surface area contributed by atoms with Crippen LogP contribution in [-0.2, 0) is 19.5 Å². The number of piperazine rings is 2. The molecule has 0 atom stereocenters. The van der Waals surface area contributed by atoms with Gasteiger partial charge in [0.15, 0.2) is 5.82 Å². The number of aryl methyl sites for hydroxylation is 4. The molecule has 6 aromatic carbocycles. The second-order valence-electron chi connectivity index (χ2n) is 22.2. The molecular formula is C67H75N13O6. The third-order valence-electron chi connectivity index (χ3n) is 16.5. The first-order valence-electron chi connectivity index (χ1n) is 29.1. The van der Waals surface area contributed by atoms with Gasteiger partial charge in [0.25, 0.3) is 0 Å². The van der Waals surface area contributed by atoms with Crippen molar-refractivity contribution in [2.45, 2.75) is 47.2 Å². The van der Waals surface area contributed by atoms with Crippen molar-refractivity contribution in [3.63, 3.8) is 0 Å². The van der Waals surface area contributed by atoms with Crippen LogP contribution in [0.3, 0.4) is 0 Å². The van der Waals surface area contributed by atoms with Crippen molar-refractivity contribution in [1.82, 2.24) is 29.7 Å². The number of methoxy groups -OCH3 is 4. The Bertz CT molecular complexity index is 3470. The van der Waals surface area contributed by atoms with E-state index in [1.807, 2.05) is 107 Å². The largest absolute Gasteiger partial charge is 0.497 e. The molecule has 4 aliphatic heterocycles. The number of hydrogen-bond donors (Lipinski definition) is 1. The fourth-order valence-electron chi connectivity index (χ4n) is 11.7. The summed E-state index contributed by atoms with van der Waals surface area (Å²) in [5, 5.41) is 3.33. The van der Waals surface area contributed by atoms with Crippen LogP contribution in [0.2, 0.25) is 0 Å². The number of benzene rings is 6. The molecule has 0 aliphatic carbocycles. The number of fused-ring (bicyclic) bond motifs is 2. The van der Waals surface area contributed by atoms with Gasteiger partial charge in [-0.25, -0.2) is 34.3 Å². The van der Waals surface area contributed by atoms with Gasteiger partial charge in [-0.05, 0) is 130 Å². The molecule has 12 rings (SSSR count). The van der Waals surface area contributed by atoms with Crippen molar-refractivity contribution < 1.29 is 28.5 Å². The van der Waals surface area contributed by atoms with Crippen molar-refractivity contribution >= 4 is 69.5 Å². The van der Waals surface area contributed by atoms with Crippen LogP contribution < -0.4 is 53.7 Å². The first-order valence-corrected chi connectivity index (χ1v) is 29.1. The van der Waals surface area contributed by atoms with E-state index in [-0.39, 0.29) is 12.1 Å². The fraction of sp³-hybridized carbons (Fsp3) is 0.313. The maximum atomic E-state index is 14.4. The predicted octanol–water partition coefficient (Wildman–Crippen LogP) is 11.6. The summed E-state index contributed by atoms with van der Waals surface area (Å²) in [5.41, 5.74) is 13.1. The standard InChI is InChI=1S/C34H38N6O3.C33H37N7O3/c1-23-7-6-8-24(2)32(23)39-22-26-21-35-31(19-25-9-11-27(12-10-25)38-17-15-37(3)16-18-38)36-33(26)40(34(39)41)29-14-13-28(42-4)20-30(29)43-5;1-22-7-6-8-23(2)30(22)39-21-24-20-34-32(35-25-9-11-26(12-10-25)38-17-15-37(3)16-18-38)36-31(24)40(33(39)41)28-14-13-27(42-4)19-29(28)43-5/h6-14,20-21H,15-19,22H2,1-5H3;6-14,19-20H,15-18,21H2,1-5H3,(H,34,35,36). The van der Waals surface area contributed by atoms with Gasteiger partial charge in [0.1, 0.15) is 34.6 Å². The normalized spacial score (nSPS) is 15.4. The summed E-state index contributed by atoms with van der Waals surface area (Å²) in [4.78, 5) is 64.4. The number of aromatic nitrogens is 4. The van der Waals surface area contributed by atoms with Crippen LogP contribution in [0.25, 0.3) is 0 Å². The second-order valence-corrected chi connectivity index (χ2v) is 22.2. The monoisotopic (exact) mass is 1160 g/mol. The van der Waals surface area contributed by atoms with Gasteiger partial charge in [-0.2, -0.15) is 4.98 Å². The molecule has 19 nitrogen and oxygen atoms in total. The van der Waals surface area contributed by atoms with Crippen LogP contribution >= 0.6 is 0 Å². The predicted molar refractivity (Wildman–Crippen MR) is 341 cm³/mol. The summed E-state index contributed by atoms with van der Waals surface area (Å²) in [6.45, 7) is 17.1. The molecule has 2 saturated heterocycles. The third kappa shape index (κ3) is 12.1. The molecule has 19 heteroatoms. The summed E-state index contributed by atoms with van der Waals surface area (Å²) in [7, 11) is 10.7. The number of nitrogens with one attached hydrogen (secondary N) is 1. The zero-order valence-electron chi connectivity index (χ0n) is 50.8. The highest BCUT2D eigenvalue weighted by atomic mass is 16.5. The lowest BCUT2D eigenvalue weighted by atomic mass is 10.1. The van der Waals surface area contributed by atoms with Crippen LogP contribution in [0.15, 0.2) is 134 Å². The van der Waals surface area contributed by atoms with E-state index in [2.05, 4.69) is 80.4 Å². The number of rotatable bonds is 14. The number of anilines is 10. The van der Waals surface area contributed by atoms with E-state index in [1.54, 1.807) is 66.4 Å². The lowest BCUT2D eigenvalue weighted by Crippen LogP contribution is -2.46. The Labute approximate surface area is 503 Å². The highest BCUT2D eigenvalue weighted by molar-refractivity contribution is 6.13. The van der Waals surface area contributed by atoms with Gasteiger partial charge in [-0.15, -0.1) is 0 Å². The van der Waals surface area contributed by atoms with Gasteiger partial charge in [0, 0.05) is 111 Å². The molecule has 2 aromatic heterocycles. The molecule has 444 valence electrons. The number of likely N-dealkylation sites (N-methyl/N-ethyl adjacent to an activating group) is 2. The Morgan fingerprint density at radius 2 is 0.919 bits per heavy atom. The van der Waals surface area contributed by atoms with E-state index in [0.29, 0.717) is 77.3 Å². The smallest absolute Gasteiger partial charge is 0.335 e. The Morgan fingerprint density at radius 3 is 1.36 bits per heavy atom. The molecule has 2 fully saturated rings. The average molecular weight is 1160 g/mol. The Balaban J connectivity index is 0.000000179. The molecule has 0 spiro atoms. The van der Waals surface area contributed by atoms with Crippen LogP contribution in [0.1, 0.15) is 44.8 Å². The Hall–Kier alpha value is -9.46. The lowest BCUT2D eigenvalue weighted by molar-refractivity contribution is 0.251. The molecule has 0 saturated carbocycles. The Kier molecular flexibility index (Phi) is 17.2. The molecule has 86 heavy (non-hydrogen) atoms. The summed E-state index contributed by atoms with van der Waals surface area (Å²) in [5.74, 6) is 4.39. The van der Waals surface area contributed by atoms with E-state index in [9.17, 15) is 9.59 Å². The molecule has 0 bridgehead atoms. The van der Waals surface area contributed by atoms with E-state index < -0.39 is 0 Å². The molecule has 4 amide bonds. The number of carbonyl (C=O) groups excluding carboxylic acids is 2. The van der Waals surface area contributed by atoms with Crippen molar-refractivity contribution in [2.75, 3.05) is 130 Å².